The van der Waals surface area contributed by atoms with Gasteiger partial charge < -0.3 is 14.9 Å². The summed E-state index contributed by atoms with van der Waals surface area (Å²) in [6.45, 7) is 13.2. The molecular formula is C15H32N2O3. The summed E-state index contributed by atoms with van der Waals surface area (Å²) in [5.74, 6) is 0. The third-order valence-corrected chi connectivity index (χ3v) is 3.78. The average Bonchev–Trinajstić information content (AvgIpc) is 2.39. The van der Waals surface area contributed by atoms with Crippen LogP contribution in [0.15, 0.2) is 0 Å². The molecule has 2 unspecified atom stereocenters. The smallest absolute Gasteiger partial charge is 0.0900 e. The zero-order chi connectivity index (χ0) is 15.2. The highest BCUT2D eigenvalue weighted by molar-refractivity contribution is 4.79. The van der Waals surface area contributed by atoms with Crippen molar-refractivity contribution in [2.75, 3.05) is 45.9 Å². The monoisotopic (exact) mass is 288 g/mol. The Morgan fingerprint density at radius 2 is 1.75 bits per heavy atom. The van der Waals surface area contributed by atoms with Crippen LogP contribution in [0.25, 0.3) is 0 Å². The molecule has 2 N–H and O–H groups in total. The maximum Gasteiger partial charge on any atom is 0.0900 e. The Labute approximate surface area is 123 Å². The van der Waals surface area contributed by atoms with Gasteiger partial charge in [0.2, 0.25) is 0 Å². The summed E-state index contributed by atoms with van der Waals surface area (Å²) >= 11 is 0. The number of aliphatic hydroxyl groups excluding tert-OH is 2. The lowest BCUT2D eigenvalue weighted by Gasteiger charge is -2.39. The summed E-state index contributed by atoms with van der Waals surface area (Å²) in [7, 11) is 0. The van der Waals surface area contributed by atoms with Gasteiger partial charge in [-0.15, -0.1) is 0 Å². The Morgan fingerprint density at radius 1 is 1.15 bits per heavy atom. The summed E-state index contributed by atoms with van der Waals surface area (Å²) in [4.78, 5) is 4.62. The van der Waals surface area contributed by atoms with Crippen LogP contribution in [0.3, 0.4) is 0 Å². The van der Waals surface area contributed by atoms with E-state index in [1.807, 2.05) is 20.8 Å². The Kier molecular flexibility index (Phi) is 7.40. The van der Waals surface area contributed by atoms with Crippen LogP contribution in [0, 0.1) is 0 Å². The summed E-state index contributed by atoms with van der Waals surface area (Å²) < 4.78 is 5.61. The number of hydrogen-bond acceptors (Lipinski definition) is 5. The van der Waals surface area contributed by atoms with Crippen molar-refractivity contribution in [3.05, 3.63) is 0 Å². The van der Waals surface area contributed by atoms with Crippen LogP contribution in [0.5, 0.6) is 0 Å². The Morgan fingerprint density at radius 3 is 2.20 bits per heavy atom. The first-order valence-electron chi connectivity index (χ1n) is 7.75. The second-order valence-electron chi connectivity index (χ2n) is 6.66. The van der Waals surface area contributed by atoms with Gasteiger partial charge in [0.25, 0.3) is 0 Å². The largest absolute Gasteiger partial charge is 0.395 e. The second kappa shape index (κ2) is 8.29. The highest BCUT2D eigenvalue weighted by atomic mass is 16.5. The molecular weight excluding hydrogens is 256 g/mol. The summed E-state index contributed by atoms with van der Waals surface area (Å²) in [6.07, 6.45) is 0.555. The number of nitrogens with zero attached hydrogens (tertiary/aromatic N) is 2. The molecule has 1 aliphatic heterocycles. The van der Waals surface area contributed by atoms with E-state index in [2.05, 4.69) is 16.7 Å². The number of hydrogen-bond donors (Lipinski definition) is 2. The van der Waals surface area contributed by atoms with E-state index in [1.54, 1.807) is 0 Å². The van der Waals surface area contributed by atoms with Crippen LogP contribution in [-0.2, 0) is 4.74 Å². The molecule has 0 saturated carbocycles. The van der Waals surface area contributed by atoms with Crippen LogP contribution >= 0.6 is 0 Å². The first kappa shape index (κ1) is 17.9. The standard InChI is InChI=1S/C15H32N2O3/c1-5-13(11-18)17-8-6-16(7-9-17)10-14(19)12-20-15(2,3)4/h13-14,18-19H,5-12H2,1-4H3. The van der Waals surface area contributed by atoms with Gasteiger partial charge in [-0.2, -0.15) is 0 Å². The molecule has 0 spiro atoms. The maximum absolute atomic E-state index is 10.0. The number of piperazine rings is 1. The highest BCUT2D eigenvalue weighted by Gasteiger charge is 2.24. The first-order valence-corrected chi connectivity index (χ1v) is 7.75. The lowest BCUT2D eigenvalue weighted by atomic mass is 10.1. The van der Waals surface area contributed by atoms with E-state index in [0.29, 0.717) is 13.2 Å². The molecule has 1 heterocycles. The molecule has 0 aromatic rings. The fourth-order valence-corrected chi connectivity index (χ4v) is 2.51. The average molecular weight is 288 g/mol. The van der Waals surface area contributed by atoms with E-state index in [9.17, 15) is 10.2 Å². The van der Waals surface area contributed by atoms with Gasteiger partial charge >= 0.3 is 0 Å². The van der Waals surface area contributed by atoms with Crippen molar-refractivity contribution in [1.29, 1.82) is 0 Å². The van der Waals surface area contributed by atoms with Crippen molar-refractivity contribution in [3.8, 4) is 0 Å². The van der Waals surface area contributed by atoms with E-state index >= 15 is 0 Å². The summed E-state index contributed by atoms with van der Waals surface area (Å²) in [5, 5.41) is 19.3. The summed E-state index contributed by atoms with van der Waals surface area (Å²) in [5.41, 5.74) is -0.199. The van der Waals surface area contributed by atoms with Gasteiger partial charge in [-0.25, -0.2) is 0 Å². The molecule has 0 radical (unpaired) electrons. The third-order valence-electron chi connectivity index (χ3n) is 3.78. The molecule has 1 fully saturated rings. The van der Waals surface area contributed by atoms with Gasteiger partial charge in [-0.3, -0.25) is 9.80 Å². The van der Waals surface area contributed by atoms with E-state index < -0.39 is 6.10 Å². The maximum atomic E-state index is 10.0. The second-order valence-corrected chi connectivity index (χ2v) is 6.66. The SMILES string of the molecule is CCC(CO)N1CCN(CC(O)COC(C)(C)C)CC1. The lowest BCUT2D eigenvalue weighted by molar-refractivity contribution is -0.0598. The molecule has 0 aromatic carbocycles. The van der Waals surface area contributed by atoms with E-state index in [0.717, 1.165) is 32.6 Å². The minimum atomic E-state index is -0.430. The molecule has 1 saturated heterocycles. The van der Waals surface area contributed by atoms with Crippen molar-refractivity contribution in [3.63, 3.8) is 0 Å². The zero-order valence-electron chi connectivity index (χ0n) is 13.5. The Bertz CT molecular complexity index is 256. The van der Waals surface area contributed by atoms with Gasteiger partial charge in [0.1, 0.15) is 0 Å². The minimum Gasteiger partial charge on any atom is -0.395 e. The fourth-order valence-electron chi connectivity index (χ4n) is 2.51. The number of aliphatic hydroxyl groups is 2. The highest BCUT2D eigenvalue weighted by Crippen LogP contribution is 2.11. The van der Waals surface area contributed by atoms with Crippen molar-refractivity contribution in [2.24, 2.45) is 0 Å². The van der Waals surface area contributed by atoms with Crippen molar-refractivity contribution in [2.45, 2.75) is 51.9 Å². The normalized spacial score (nSPS) is 21.9. The first-order chi connectivity index (χ1) is 9.35. The predicted octanol–water partition coefficient (Wildman–Crippen LogP) is 0.551. The molecule has 20 heavy (non-hydrogen) atoms. The van der Waals surface area contributed by atoms with Gasteiger partial charge in [0.15, 0.2) is 0 Å². The minimum absolute atomic E-state index is 0.199. The molecule has 5 heteroatoms. The van der Waals surface area contributed by atoms with E-state index in [1.165, 1.54) is 0 Å². The molecule has 0 bridgehead atoms. The van der Waals surface area contributed by atoms with Gasteiger partial charge in [0, 0.05) is 38.8 Å². The van der Waals surface area contributed by atoms with E-state index in [-0.39, 0.29) is 18.2 Å². The molecule has 5 nitrogen and oxygen atoms in total. The molecule has 2 atom stereocenters. The third kappa shape index (κ3) is 6.50. The van der Waals surface area contributed by atoms with Gasteiger partial charge in [-0.05, 0) is 27.2 Å². The molecule has 1 rings (SSSR count). The molecule has 120 valence electrons. The van der Waals surface area contributed by atoms with Crippen LogP contribution in [0.1, 0.15) is 34.1 Å². The zero-order valence-corrected chi connectivity index (χ0v) is 13.5. The Hall–Kier alpha value is -0.200. The van der Waals surface area contributed by atoms with Crippen LogP contribution < -0.4 is 0 Å². The molecule has 1 aliphatic rings. The van der Waals surface area contributed by atoms with Crippen molar-refractivity contribution in [1.82, 2.24) is 9.80 Å². The quantitative estimate of drug-likeness (QED) is 0.716. The van der Waals surface area contributed by atoms with Gasteiger partial charge in [0.05, 0.1) is 24.9 Å². The number of ether oxygens (including phenoxy) is 1. The number of rotatable bonds is 7. The van der Waals surface area contributed by atoms with Crippen molar-refractivity contribution < 1.29 is 14.9 Å². The number of β-amino-alcohol motifs (C(OH)–C–C–N with tert-alkyl or cyclic N) is 1. The predicted molar refractivity (Wildman–Crippen MR) is 80.9 cm³/mol. The summed E-state index contributed by atoms with van der Waals surface area (Å²) in [6, 6.07) is 0.284. The lowest BCUT2D eigenvalue weighted by Crippen LogP contribution is -2.52. The molecule has 0 aliphatic carbocycles. The van der Waals surface area contributed by atoms with Crippen LogP contribution in [0.4, 0.5) is 0 Å². The Balaban J connectivity index is 2.25. The van der Waals surface area contributed by atoms with Crippen molar-refractivity contribution >= 4 is 0 Å². The molecule has 0 amide bonds. The van der Waals surface area contributed by atoms with Crippen LogP contribution in [-0.4, -0.2) is 83.7 Å². The van der Waals surface area contributed by atoms with Crippen LogP contribution in [0.2, 0.25) is 0 Å². The fraction of sp³-hybridized carbons (Fsp3) is 1.00. The van der Waals surface area contributed by atoms with Gasteiger partial charge in [-0.1, -0.05) is 6.92 Å². The molecule has 0 aromatic heterocycles. The topological polar surface area (TPSA) is 56.2 Å². The van der Waals surface area contributed by atoms with E-state index in [4.69, 9.17) is 4.74 Å².